The molecule has 2 bridgehead atoms. The van der Waals surface area contributed by atoms with Crippen LogP contribution in [0.5, 0.6) is 6.01 Å². The number of anilines is 2. The van der Waals surface area contributed by atoms with E-state index >= 15 is 8.78 Å². The Bertz CT molecular complexity index is 2550. The zero-order valence-electron chi connectivity index (χ0n) is 39.6. The van der Waals surface area contributed by atoms with Crippen LogP contribution in [0.25, 0.3) is 32.1 Å². The maximum Gasteiger partial charge on any atom is 0.412 e. The number of hydrogen-bond acceptors (Lipinski definition) is 14. The Hall–Kier alpha value is -5.09. The number of ether oxygens (including phenoxy) is 5. The van der Waals surface area contributed by atoms with Gasteiger partial charge in [-0.25, -0.2) is 18.4 Å². The number of likely N-dealkylation sites (tertiary alicyclic amines) is 1. The summed E-state index contributed by atoms with van der Waals surface area (Å²) in [5.74, 6) is -1.45. The van der Waals surface area contributed by atoms with Crippen LogP contribution in [0.3, 0.4) is 0 Å². The summed E-state index contributed by atoms with van der Waals surface area (Å²) >= 11 is 7.87. The third-order valence-corrected chi connectivity index (χ3v) is 12.9. The summed E-state index contributed by atoms with van der Waals surface area (Å²) in [6.07, 6.45) is 2.98. The zero-order chi connectivity index (χ0) is 48.6. The molecule has 362 valence electrons. The molecular weight excluding hydrogens is 908 g/mol. The van der Waals surface area contributed by atoms with E-state index in [0.29, 0.717) is 30.9 Å². The monoisotopic (exact) mass is 967 g/mol. The third-order valence-electron chi connectivity index (χ3n) is 11.5. The lowest BCUT2D eigenvalue weighted by Gasteiger charge is -2.42. The number of thiophene rings is 1. The Morgan fingerprint density at radius 1 is 0.940 bits per heavy atom. The van der Waals surface area contributed by atoms with E-state index in [1.807, 2.05) is 46.4 Å². The number of hydrogen-bond donors (Lipinski definition) is 1. The van der Waals surface area contributed by atoms with Crippen molar-refractivity contribution in [3.05, 3.63) is 40.4 Å². The lowest BCUT2D eigenvalue weighted by Crippen LogP contribution is -2.57. The number of aromatic nitrogens is 2. The average Bonchev–Trinajstić information content (AvgIpc) is 3.90. The number of carbonyl (C=O) groups excluding carboxylic acids is 3. The molecule has 3 aliphatic rings. The molecule has 1 N–H and O–H groups in total. The number of esters is 1. The Labute approximate surface area is 399 Å². The lowest BCUT2D eigenvalue weighted by atomic mass is 9.97. The van der Waals surface area contributed by atoms with Crippen molar-refractivity contribution in [3.63, 3.8) is 0 Å². The number of fused-ring (bicyclic) bond motifs is 4. The number of nitrogens with zero attached hydrogens (tertiary/aromatic N) is 6. The second-order valence-corrected chi connectivity index (χ2v) is 21.7. The maximum atomic E-state index is 17.6. The molecule has 5 heterocycles. The highest BCUT2D eigenvalue weighted by Gasteiger charge is 2.45. The minimum atomic E-state index is -0.849. The molecule has 0 saturated carbocycles. The van der Waals surface area contributed by atoms with Gasteiger partial charge < -0.3 is 28.6 Å². The largest absolute Gasteiger partial charge is 0.462 e. The quantitative estimate of drug-likeness (QED) is 0.0764. The minimum Gasteiger partial charge on any atom is -0.462 e. The van der Waals surface area contributed by atoms with Crippen LogP contribution < -0.4 is 15.0 Å². The van der Waals surface area contributed by atoms with E-state index in [-0.39, 0.29) is 98.2 Å². The predicted molar refractivity (Wildman–Crippen MR) is 253 cm³/mol. The highest BCUT2D eigenvalue weighted by molar-refractivity contribution is 7.23. The molecule has 3 saturated heterocycles. The molecule has 67 heavy (non-hydrogen) atoms. The molecule has 3 aliphatic heterocycles. The minimum absolute atomic E-state index is 0.00915. The molecule has 3 fully saturated rings. The highest BCUT2D eigenvalue weighted by Crippen LogP contribution is 2.47. The first-order valence-electron chi connectivity index (χ1n) is 22.8. The Balaban J connectivity index is 1.20. The molecule has 2 aromatic heterocycles. The number of nitrogens with one attached hydrogen (secondary N) is 1. The van der Waals surface area contributed by atoms with E-state index in [0.717, 1.165) is 62.6 Å². The average molecular weight is 969 g/mol. The lowest BCUT2D eigenvalue weighted by molar-refractivity contribution is -0.156. The zero-order valence-corrected chi connectivity index (χ0v) is 41.2. The topological polar surface area (TPSA) is 169 Å². The molecule has 0 radical (unpaired) electrons. The SMILES string of the molecule is CC(C)(C)OC(=O)CCOCCCN1CCCC1COc1nc(N2CC3CCC(C2)N3C(=O)OC(C)(C)C)c2cc(Cl)c(-c3ccc(F)c4sc(NC(=O)OC(C)(C)C)c(C#N)c34)c(F)c2n1. The van der Waals surface area contributed by atoms with Gasteiger partial charge in [0, 0.05) is 48.6 Å². The Morgan fingerprint density at radius 2 is 1.63 bits per heavy atom. The summed E-state index contributed by atoms with van der Waals surface area (Å²) in [6.45, 7) is 19.3. The molecule has 7 rings (SSSR count). The summed E-state index contributed by atoms with van der Waals surface area (Å²) in [5.41, 5.74) is -2.28. The van der Waals surface area contributed by atoms with Crippen LogP contribution in [0, 0.1) is 23.0 Å². The van der Waals surface area contributed by atoms with E-state index in [4.69, 9.17) is 40.3 Å². The first-order chi connectivity index (χ1) is 31.5. The highest BCUT2D eigenvalue weighted by atomic mass is 35.5. The van der Waals surface area contributed by atoms with Crippen LogP contribution in [0.2, 0.25) is 5.02 Å². The number of nitriles is 1. The Kier molecular flexibility index (Phi) is 14.8. The van der Waals surface area contributed by atoms with Gasteiger partial charge in [-0.05, 0) is 119 Å². The number of amides is 2. The molecule has 4 aromatic rings. The second kappa shape index (κ2) is 19.9. The Morgan fingerprint density at radius 3 is 2.28 bits per heavy atom. The molecule has 3 atom stereocenters. The number of halogens is 3. The van der Waals surface area contributed by atoms with Gasteiger partial charge in [-0.1, -0.05) is 17.7 Å². The predicted octanol–water partition coefficient (Wildman–Crippen LogP) is 10.2. The van der Waals surface area contributed by atoms with Crippen molar-refractivity contribution in [2.24, 2.45) is 0 Å². The first kappa shape index (κ1) is 49.8. The fraction of sp³-hybridized carbons (Fsp3) is 0.583. The standard InChI is InChI=1S/C48H60ClF2N7O8S/c1-46(2,3)64-35(59)17-21-62-20-11-19-56-18-10-12-29(56)26-63-43-53-39-31(41(54-43)57-24-27-13-14-28(25-57)58(27)45(61)66-48(7,8)9)22-33(49)37(38(39)51)30-15-16-34(50)40-36(30)32(23-52)42(67-40)55-44(60)65-47(4,5)6/h15-16,22,27-29H,10-14,17-21,24-26H2,1-9H3,(H,55,60). The van der Waals surface area contributed by atoms with Gasteiger partial charge in [-0.3, -0.25) is 19.9 Å². The smallest absolute Gasteiger partial charge is 0.412 e. The fourth-order valence-corrected chi connectivity index (χ4v) is 10.3. The van der Waals surface area contributed by atoms with Gasteiger partial charge in [0.15, 0.2) is 5.82 Å². The van der Waals surface area contributed by atoms with Crippen molar-refractivity contribution >= 4 is 72.9 Å². The van der Waals surface area contributed by atoms with Gasteiger partial charge in [0.25, 0.3) is 0 Å². The summed E-state index contributed by atoms with van der Waals surface area (Å²) in [6, 6.07) is 5.71. The maximum absolute atomic E-state index is 17.6. The van der Waals surface area contributed by atoms with Crippen LogP contribution in [0.1, 0.15) is 106 Å². The van der Waals surface area contributed by atoms with Gasteiger partial charge in [0.1, 0.15) is 51.6 Å². The van der Waals surface area contributed by atoms with Crippen molar-refractivity contribution in [3.8, 4) is 23.2 Å². The molecule has 2 amide bonds. The van der Waals surface area contributed by atoms with Gasteiger partial charge in [0.2, 0.25) is 0 Å². The van der Waals surface area contributed by atoms with Crippen LogP contribution in [0.15, 0.2) is 18.2 Å². The van der Waals surface area contributed by atoms with Gasteiger partial charge in [-0.2, -0.15) is 15.2 Å². The van der Waals surface area contributed by atoms with Crippen LogP contribution in [0.4, 0.5) is 29.2 Å². The molecule has 19 heteroatoms. The van der Waals surface area contributed by atoms with Crippen molar-refractivity contribution in [1.82, 2.24) is 19.8 Å². The summed E-state index contributed by atoms with van der Waals surface area (Å²) in [4.78, 5) is 54.0. The number of carbonyl (C=O) groups is 3. The summed E-state index contributed by atoms with van der Waals surface area (Å²) < 4.78 is 61.9. The second-order valence-electron chi connectivity index (χ2n) is 20.2. The molecule has 0 aliphatic carbocycles. The van der Waals surface area contributed by atoms with E-state index in [1.165, 1.54) is 6.07 Å². The molecule has 2 aromatic carbocycles. The van der Waals surface area contributed by atoms with Crippen molar-refractivity contribution in [1.29, 1.82) is 5.26 Å². The molecule has 15 nitrogen and oxygen atoms in total. The molecule has 0 spiro atoms. The van der Waals surface area contributed by atoms with E-state index in [2.05, 4.69) is 21.3 Å². The normalized spacial score (nSPS) is 18.9. The molecular formula is C48H60ClF2N7O8S. The number of piperazine rings is 1. The van der Waals surface area contributed by atoms with Gasteiger partial charge in [0.05, 0.1) is 40.4 Å². The van der Waals surface area contributed by atoms with Crippen LogP contribution in [-0.2, 0) is 23.7 Å². The number of benzene rings is 2. The van der Waals surface area contributed by atoms with E-state index in [9.17, 15) is 19.6 Å². The van der Waals surface area contributed by atoms with Crippen molar-refractivity contribution < 1.29 is 46.8 Å². The third kappa shape index (κ3) is 11.8. The summed E-state index contributed by atoms with van der Waals surface area (Å²) in [5, 5.41) is 13.3. The van der Waals surface area contributed by atoms with E-state index < -0.39 is 34.5 Å². The first-order valence-corrected chi connectivity index (χ1v) is 24.0. The summed E-state index contributed by atoms with van der Waals surface area (Å²) in [7, 11) is 0. The van der Waals surface area contributed by atoms with Gasteiger partial charge in [-0.15, -0.1) is 11.3 Å². The van der Waals surface area contributed by atoms with Gasteiger partial charge >= 0.3 is 24.2 Å². The van der Waals surface area contributed by atoms with Crippen molar-refractivity contribution in [2.75, 3.05) is 56.2 Å². The van der Waals surface area contributed by atoms with E-state index in [1.54, 1.807) is 31.7 Å². The fourth-order valence-electron chi connectivity index (χ4n) is 8.94. The molecule has 3 unspecified atom stereocenters. The number of rotatable bonds is 13. The van der Waals surface area contributed by atoms with Crippen molar-refractivity contribution in [2.45, 2.75) is 136 Å². The van der Waals surface area contributed by atoms with Crippen LogP contribution >= 0.6 is 22.9 Å². The van der Waals surface area contributed by atoms with Crippen LogP contribution in [-0.4, -0.2) is 119 Å².